The van der Waals surface area contributed by atoms with Gasteiger partial charge in [0, 0.05) is 19.8 Å². The van der Waals surface area contributed by atoms with Gasteiger partial charge in [-0.2, -0.15) is 5.26 Å². The van der Waals surface area contributed by atoms with E-state index in [4.69, 9.17) is 10.00 Å². The van der Waals surface area contributed by atoms with Gasteiger partial charge in [0.2, 0.25) is 0 Å². The second kappa shape index (κ2) is 6.17. The van der Waals surface area contributed by atoms with Crippen molar-refractivity contribution in [2.24, 2.45) is 5.92 Å². The van der Waals surface area contributed by atoms with Crippen LogP contribution < -0.4 is 5.32 Å². The SMILES string of the molecule is N#Cc1ccc(NCC2CCOCC2)c(F)c1Br. The summed E-state index contributed by atoms with van der Waals surface area (Å²) < 4.78 is 19.4. The third-order valence-corrected chi connectivity index (χ3v) is 3.90. The normalized spacial score (nSPS) is 16.3. The lowest BCUT2D eigenvalue weighted by atomic mass is 10.0. The molecule has 2 rings (SSSR count). The van der Waals surface area contributed by atoms with E-state index >= 15 is 0 Å². The van der Waals surface area contributed by atoms with Crippen molar-refractivity contribution in [3.05, 3.63) is 28.0 Å². The van der Waals surface area contributed by atoms with Crippen molar-refractivity contribution >= 4 is 21.6 Å². The Morgan fingerprint density at radius 1 is 1.44 bits per heavy atom. The van der Waals surface area contributed by atoms with E-state index in [1.807, 2.05) is 6.07 Å². The van der Waals surface area contributed by atoms with E-state index in [1.165, 1.54) is 0 Å². The van der Waals surface area contributed by atoms with Crippen LogP contribution in [0, 0.1) is 23.1 Å². The van der Waals surface area contributed by atoms with Gasteiger partial charge in [-0.15, -0.1) is 0 Å². The van der Waals surface area contributed by atoms with E-state index in [0.717, 1.165) is 32.6 Å². The zero-order valence-corrected chi connectivity index (χ0v) is 11.5. The molecule has 1 saturated heterocycles. The Morgan fingerprint density at radius 2 is 2.17 bits per heavy atom. The first-order valence-electron chi connectivity index (χ1n) is 5.92. The summed E-state index contributed by atoms with van der Waals surface area (Å²) in [5.74, 6) is 0.119. The van der Waals surface area contributed by atoms with E-state index in [0.29, 0.717) is 17.2 Å². The second-order valence-corrected chi connectivity index (χ2v) is 5.13. The fourth-order valence-electron chi connectivity index (χ4n) is 1.98. The number of hydrogen-bond donors (Lipinski definition) is 1. The Labute approximate surface area is 114 Å². The summed E-state index contributed by atoms with van der Waals surface area (Å²) in [4.78, 5) is 0. The van der Waals surface area contributed by atoms with Gasteiger partial charge in [-0.05, 0) is 46.8 Å². The van der Waals surface area contributed by atoms with Crippen LogP contribution in [0.5, 0.6) is 0 Å². The summed E-state index contributed by atoms with van der Waals surface area (Å²) in [6.07, 6.45) is 2.01. The number of hydrogen-bond acceptors (Lipinski definition) is 3. The Morgan fingerprint density at radius 3 is 2.83 bits per heavy atom. The van der Waals surface area contributed by atoms with Gasteiger partial charge in [-0.25, -0.2) is 4.39 Å². The average Bonchev–Trinajstić information content (AvgIpc) is 2.42. The molecule has 18 heavy (non-hydrogen) atoms. The average molecular weight is 313 g/mol. The van der Waals surface area contributed by atoms with Crippen molar-refractivity contribution < 1.29 is 9.13 Å². The Hall–Kier alpha value is -1.12. The van der Waals surface area contributed by atoms with Crippen LogP contribution in [0.4, 0.5) is 10.1 Å². The lowest BCUT2D eigenvalue weighted by Gasteiger charge is -2.22. The molecule has 3 nitrogen and oxygen atoms in total. The minimum Gasteiger partial charge on any atom is -0.382 e. The molecule has 0 atom stereocenters. The Balaban J connectivity index is 2.01. The standard InChI is InChI=1S/C13H14BrFN2O/c14-12-10(7-16)1-2-11(13(12)15)17-8-9-3-5-18-6-4-9/h1-2,9,17H,3-6,8H2. The molecule has 1 fully saturated rings. The molecule has 1 N–H and O–H groups in total. The molecular formula is C13H14BrFN2O. The molecule has 1 aliphatic rings. The van der Waals surface area contributed by atoms with Crippen LogP contribution in [-0.2, 0) is 4.74 Å². The van der Waals surface area contributed by atoms with Crippen LogP contribution in [0.25, 0.3) is 0 Å². The molecule has 5 heteroatoms. The summed E-state index contributed by atoms with van der Waals surface area (Å²) in [5, 5.41) is 11.9. The first kappa shape index (κ1) is 13.3. The molecule has 0 saturated carbocycles. The molecule has 0 aliphatic carbocycles. The van der Waals surface area contributed by atoms with Crippen LogP contribution in [0.2, 0.25) is 0 Å². The molecule has 1 aromatic carbocycles. The van der Waals surface area contributed by atoms with Gasteiger partial charge in [-0.3, -0.25) is 0 Å². The summed E-state index contributed by atoms with van der Waals surface area (Å²) >= 11 is 3.10. The summed E-state index contributed by atoms with van der Waals surface area (Å²) in [7, 11) is 0. The summed E-state index contributed by atoms with van der Waals surface area (Å²) in [6.45, 7) is 2.30. The van der Waals surface area contributed by atoms with Crippen molar-refractivity contribution in [1.29, 1.82) is 5.26 Å². The number of anilines is 1. The zero-order valence-electron chi connectivity index (χ0n) is 9.88. The smallest absolute Gasteiger partial charge is 0.161 e. The zero-order chi connectivity index (χ0) is 13.0. The maximum Gasteiger partial charge on any atom is 0.161 e. The lowest BCUT2D eigenvalue weighted by Crippen LogP contribution is -2.23. The molecule has 96 valence electrons. The highest BCUT2D eigenvalue weighted by Crippen LogP contribution is 2.27. The quantitative estimate of drug-likeness (QED) is 0.931. The van der Waals surface area contributed by atoms with E-state index in [-0.39, 0.29) is 4.47 Å². The molecule has 0 bridgehead atoms. The van der Waals surface area contributed by atoms with E-state index in [1.54, 1.807) is 12.1 Å². The van der Waals surface area contributed by atoms with Gasteiger partial charge in [0.15, 0.2) is 5.82 Å². The molecule has 0 aromatic heterocycles. The molecule has 1 aromatic rings. The number of nitriles is 1. The molecular weight excluding hydrogens is 299 g/mol. The van der Waals surface area contributed by atoms with Crippen molar-refractivity contribution in [2.45, 2.75) is 12.8 Å². The van der Waals surface area contributed by atoms with Crippen molar-refractivity contribution in [1.82, 2.24) is 0 Å². The van der Waals surface area contributed by atoms with Gasteiger partial charge in [0.25, 0.3) is 0 Å². The van der Waals surface area contributed by atoms with Crippen molar-refractivity contribution in [2.75, 3.05) is 25.1 Å². The van der Waals surface area contributed by atoms with E-state index in [9.17, 15) is 4.39 Å². The monoisotopic (exact) mass is 312 g/mol. The second-order valence-electron chi connectivity index (χ2n) is 4.34. The first-order valence-corrected chi connectivity index (χ1v) is 6.71. The highest BCUT2D eigenvalue weighted by Gasteiger charge is 2.15. The van der Waals surface area contributed by atoms with E-state index in [2.05, 4.69) is 21.2 Å². The number of ether oxygens (including phenoxy) is 1. The maximum atomic E-state index is 13.9. The fraction of sp³-hybridized carbons (Fsp3) is 0.462. The highest BCUT2D eigenvalue weighted by atomic mass is 79.9. The third-order valence-electron chi connectivity index (χ3n) is 3.12. The number of nitrogens with zero attached hydrogens (tertiary/aromatic N) is 1. The van der Waals surface area contributed by atoms with Gasteiger partial charge in [0.1, 0.15) is 6.07 Å². The maximum absolute atomic E-state index is 13.9. The van der Waals surface area contributed by atoms with Gasteiger partial charge < -0.3 is 10.1 Å². The van der Waals surface area contributed by atoms with Gasteiger partial charge in [-0.1, -0.05) is 0 Å². The van der Waals surface area contributed by atoms with Crippen LogP contribution in [-0.4, -0.2) is 19.8 Å². The summed E-state index contributed by atoms with van der Waals surface area (Å²) in [6, 6.07) is 5.16. The molecule has 0 radical (unpaired) electrons. The van der Waals surface area contributed by atoms with Gasteiger partial charge in [0.05, 0.1) is 15.7 Å². The van der Waals surface area contributed by atoms with Gasteiger partial charge >= 0.3 is 0 Å². The minimum absolute atomic E-state index is 0.224. The largest absolute Gasteiger partial charge is 0.382 e. The van der Waals surface area contributed by atoms with E-state index < -0.39 is 5.82 Å². The molecule has 0 unspecified atom stereocenters. The van der Waals surface area contributed by atoms with Crippen LogP contribution in [0.1, 0.15) is 18.4 Å². The molecule has 0 amide bonds. The Bertz CT molecular complexity index is 467. The Kier molecular flexibility index (Phi) is 4.56. The topological polar surface area (TPSA) is 45.0 Å². The number of benzene rings is 1. The lowest BCUT2D eigenvalue weighted by molar-refractivity contribution is 0.0699. The predicted molar refractivity (Wildman–Crippen MR) is 70.8 cm³/mol. The number of nitrogens with one attached hydrogen (secondary N) is 1. The number of rotatable bonds is 3. The van der Waals surface area contributed by atoms with Crippen LogP contribution >= 0.6 is 15.9 Å². The highest BCUT2D eigenvalue weighted by molar-refractivity contribution is 9.10. The molecule has 1 aliphatic heterocycles. The third kappa shape index (κ3) is 3.01. The van der Waals surface area contributed by atoms with Crippen molar-refractivity contribution in [3.8, 4) is 6.07 Å². The molecule has 1 heterocycles. The van der Waals surface area contributed by atoms with Crippen LogP contribution in [0.3, 0.4) is 0 Å². The number of halogens is 2. The summed E-state index contributed by atoms with van der Waals surface area (Å²) in [5.41, 5.74) is 0.747. The van der Waals surface area contributed by atoms with Crippen molar-refractivity contribution in [3.63, 3.8) is 0 Å². The minimum atomic E-state index is -0.402. The first-order chi connectivity index (χ1) is 8.72. The fourth-order valence-corrected chi connectivity index (χ4v) is 2.41. The molecule has 0 spiro atoms. The van der Waals surface area contributed by atoms with Crippen LogP contribution in [0.15, 0.2) is 16.6 Å². The predicted octanol–water partition coefficient (Wildman–Crippen LogP) is 3.30.